The van der Waals surface area contributed by atoms with Crippen LogP contribution in [0.3, 0.4) is 0 Å². The third-order valence-electron chi connectivity index (χ3n) is 6.97. The molecule has 2 aromatic rings. The molecule has 5 atom stereocenters. The van der Waals surface area contributed by atoms with E-state index in [4.69, 9.17) is 9.84 Å². The molecule has 0 spiro atoms. The van der Waals surface area contributed by atoms with Gasteiger partial charge in [0.2, 0.25) is 11.7 Å². The SMILES string of the molecule is COc1c([C@H]2[C@H](C(=O)Nc3ccc([C@@H](O)CO)nc3)N(C)[C@@](C)(C(F)(F)F)[C@H]2C)ccc(F)c1F. The van der Waals surface area contributed by atoms with Gasteiger partial charge in [0.1, 0.15) is 11.6 Å². The molecule has 1 aliphatic rings. The molecule has 1 amide bonds. The lowest BCUT2D eigenvalue weighted by Gasteiger charge is -2.38. The Balaban J connectivity index is 2.07. The fourth-order valence-electron chi connectivity index (χ4n) is 4.71. The summed E-state index contributed by atoms with van der Waals surface area (Å²) < 4.78 is 76.2. The smallest absolute Gasteiger partial charge is 0.406 e. The van der Waals surface area contributed by atoms with Crippen LogP contribution in [0, 0.1) is 17.6 Å². The van der Waals surface area contributed by atoms with Crippen molar-refractivity contribution in [3.8, 4) is 5.75 Å². The van der Waals surface area contributed by atoms with Crippen molar-refractivity contribution >= 4 is 11.6 Å². The molecule has 1 aromatic heterocycles. The molecule has 0 bridgehead atoms. The first-order chi connectivity index (χ1) is 16.3. The summed E-state index contributed by atoms with van der Waals surface area (Å²) in [4.78, 5) is 18.2. The topological polar surface area (TPSA) is 94.9 Å². The van der Waals surface area contributed by atoms with Gasteiger partial charge in [0, 0.05) is 11.5 Å². The van der Waals surface area contributed by atoms with Crippen molar-refractivity contribution in [2.75, 3.05) is 26.1 Å². The molecule has 0 aliphatic carbocycles. The van der Waals surface area contributed by atoms with Crippen LogP contribution in [-0.4, -0.2) is 64.5 Å². The van der Waals surface area contributed by atoms with Crippen molar-refractivity contribution in [1.82, 2.24) is 9.88 Å². The van der Waals surface area contributed by atoms with Crippen molar-refractivity contribution in [3.63, 3.8) is 0 Å². The van der Waals surface area contributed by atoms with E-state index in [1.807, 2.05) is 0 Å². The Bertz CT molecular complexity index is 1080. The molecule has 1 fully saturated rings. The lowest BCUT2D eigenvalue weighted by atomic mass is 9.76. The fourth-order valence-corrected chi connectivity index (χ4v) is 4.71. The third kappa shape index (κ3) is 4.45. The van der Waals surface area contributed by atoms with Gasteiger partial charge in [-0.15, -0.1) is 0 Å². The van der Waals surface area contributed by atoms with Crippen LogP contribution in [0.5, 0.6) is 5.75 Å². The van der Waals surface area contributed by atoms with E-state index in [-0.39, 0.29) is 16.9 Å². The number of carbonyl (C=O) groups is 1. The van der Waals surface area contributed by atoms with Crippen molar-refractivity contribution in [2.24, 2.45) is 5.92 Å². The number of likely N-dealkylation sites (N-methyl/N-ethyl adjacent to an activating group) is 1. The second kappa shape index (κ2) is 9.67. The van der Waals surface area contributed by atoms with Crippen molar-refractivity contribution < 1.29 is 41.7 Å². The molecule has 1 aromatic carbocycles. The molecule has 3 N–H and O–H groups in total. The summed E-state index contributed by atoms with van der Waals surface area (Å²) in [6.07, 6.45) is -4.82. The van der Waals surface area contributed by atoms with E-state index >= 15 is 0 Å². The monoisotopic (exact) mass is 503 g/mol. The number of ether oxygens (including phenoxy) is 1. The third-order valence-corrected chi connectivity index (χ3v) is 6.97. The van der Waals surface area contributed by atoms with Gasteiger partial charge in [0.15, 0.2) is 11.6 Å². The minimum Gasteiger partial charge on any atom is -0.493 e. The van der Waals surface area contributed by atoms with Gasteiger partial charge < -0.3 is 20.3 Å². The maximum atomic E-state index is 14.5. The van der Waals surface area contributed by atoms with Crippen LogP contribution in [0.25, 0.3) is 0 Å². The number of rotatable bonds is 6. The minimum atomic E-state index is -4.76. The molecule has 7 nitrogen and oxygen atoms in total. The predicted molar refractivity (Wildman–Crippen MR) is 116 cm³/mol. The molecule has 0 unspecified atom stereocenters. The van der Waals surface area contributed by atoms with Crippen LogP contribution in [-0.2, 0) is 4.79 Å². The number of halogens is 5. The van der Waals surface area contributed by atoms with E-state index in [0.717, 1.165) is 38.1 Å². The molecular formula is C23H26F5N3O4. The Labute approximate surface area is 198 Å². The van der Waals surface area contributed by atoms with E-state index in [9.17, 15) is 31.9 Å². The highest BCUT2D eigenvalue weighted by Gasteiger charge is 2.67. The Morgan fingerprint density at radius 1 is 1.29 bits per heavy atom. The lowest BCUT2D eigenvalue weighted by molar-refractivity contribution is -0.227. The molecule has 192 valence electrons. The highest BCUT2D eigenvalue weighted by atomic mass is 19.4. The van der Waals surface area contributed by atoms with Crippen LogP contribution in [0.15, 0.2) is 30.5 Å². The molecule has 12 heteroatoms. The zero-order chi connectivity index (χ0) is 26.3. The van der Waals surface area contributed by atoms with E-state index in [1.54, 1.807) is 0 Å². The average molecular weight is 503 g/mol. The van der Waals surface area contributed by atoms with Gasteiger partial charge >= 0.3 is 6.18 Å². The first-order valence-corrected chi connectivity index (χ1v) is 10.7. The maximum absolute atomic E-state index is 14.5. The second-order valence-corrected chi connectivity index (χ2v) is 8.66. The number of hydrogen-bond donors (Lipinski definition) is 3. The Hall–Kier alpha value is -2.83. The van der Waals surface area contributed by atoms with Gasteiger partial charge in [0.25, 0.3) is 0 Å². The van der Waals surface area contributed by atoms with Crippen molar-refractivity contribution in [1.29, 1.82) is 0 Å². The van der Waals surface area contributed by atoms with E-state index < -0.39 is 65.6 Å². The molecule has 1 saturated heterocycles. The largest absolute Gasteiger partial charge is 0.493 e. The zero-order valence-corrected chi connectivity index (χ0v) is 19.4. The van der Waals surface area contributed by atoms with E-state index in [0.29, 0.717) is 0 Å². The maximum Gasteiger partial charge on any atom is 0.406 e. The number of aliphatic hydroxyl groups is 2. The number of aliphatic hydroxyl groups excluding tert-OH is 2. The van der Waals surface area contributed by atoms with E-state index in [1.165, 1.54) is 25.3 Å². The Morgan fingerprint density at radius 3 is 2.46 bits per heavy atom. The van der Waals surface area contributed by atoms with Gasteiger partial charge in [-0.3, -0.25) is 14.7 Å². The second-order valence-electron chi connectivity index (χ2n) is 8.66. The van der Waals surface area contributed by atoms with Gasteiger partial charge in [-0.05, 0) is 38.1 Å². The van der Waals surface area contributed by atoms with Crippen LogP contribution >= 0.6 is 0 Å². The highest BCUT2D eigenvalue weighted by Crippen LogP contribution is 2.55. The van der Waals surface area contributed by atoms with Gasteiger partial charge in [-0.25, -0.2) is 4.39 Å². The number of methoxy groups -OCH3 is 1. The summed E-state index contributed by atoms with van der Waals surface area (Å²) in [7, 11) is 2.22. The lowest BCUT2D eigenvalue weighted by Crippen LogP contribution is -2.57. The number of nitrogens with one attached hydrogen (secondary N) is 1. The van der Waals surface area contributed by atoms with Gasteiger partial charge in [0.05, 0.1) is 37.3 Å². The normalized spacial score (nSPS) is 26.0. The molecule has 0 saturated carbocycles. The minimum absolute atomic E-state index is 0.0709. The number of likely N-dealkylation sites (tertiary alicyclic amines) is 1. The van der Waals surface area contributed by atoms with Crippen LogP contribution in [0.4, 0.5) is 27.6 Å². The molecule has 0 radical (unpaired) electrons. The van der Waals surface area contributed by atoms with Crippen LogP contribution in [0.2, 0.25) is 0 Å². The number of alkyl halides is 3. The number of carbonyl (C=O) groups excluding carboxylic acids is 1. The number of hydrogen-bond acceptors (Lipinski definition) is 6. The number of anilines is 1. The van der Waals surface area contributed by atoms with Gasteiger partial charge in [-0.2, -0.15) is 17.6 Å². The number of pyridine rings is 1. The molecule has 2 heterocycles. The van der Waals surface area contributed by atoms with Crippen LogP contribution < -0.4 is 10.1 Å². The molecule has 35 heavy (non-hydrogen) atoms. The highest BCUT2D eigenvalue weighted by molar-refractivity contribution is 5.96. The first kappa shape index (κ1) is 26.8. The van der Waals surface area contributed by atoms with Gasteiger partial charge in [-0.1, -0.05) is 13.0 Å². The first-order valence-electron chi connectivity index (χ1n) is 10.7. The fraction of sp³-hybridized carbons (Fsp3) is 0.478. The summed E-state index contributed by atoms with van der Waals surface area (Å²) in [5.41, 5.74) is -2.30. The number of aromatic nitrogens is 1. The summed E-state index contributed by atoms with van der Waals surface area (Å²) >= 11 is 0. The van der Waals surface area contributed by atoms with Crippen molar-refractivity contribution in [3.05, 3.63) is 53.4 Å². The average Bonchev–Trinajstić information content (AvgIpc) is 3.02. The molecular weight excluding hydrogens is 477 g/mol. The number of nitrogens with zero attached hydrogens (tertiary/aromatic N) is 2. The molecule has 3 rings (SSSR count). The Morgan fingerprint density at radius 2 is 1.94 bits per heavy atom. The molecule has 1 aliphatic heterocycles. The predicted octanol–water partition coefficient (Wildman–Crippen LogP) is 3.39. The summed E-state index contributed by atoms with van der Waals surface area (Å²) in [5, 5.41) is 21.2. The number of amides is 1. The van der Waals surface area contributed by atoms with Crippen LogP contribution in [0.1, 0.15) is 37.1 Å². The van der Waals surface area contributed by atoms with E-state index in [2.05, 4.69) is 10.3 Å². The summed E-state index contributed by atoms with van der Waals surface area (Å²) in [5.74, 6) is -6.48. The summed E-state index contributed by atoms with van der Waals surface area (Å²) in [6, 6.07) is 3.17. The summed E-state index contributed by atoms with van der Waals surface area (Å²) in [6.45, 7) is 1.68. The quantitative estimate of drug-likeness (QED) is 0.524. The Kier molecular flexibility index (Phi) is 7.39. The van der Waals surface area contributed by atoms with Crippen molar-refractivity contribution in [2.45, 2.75) is 43.6 Å². The number of benzene rings is 1. The standard InChI is InChI=1S/C23H26F5N3O4/c1-11-17(13-6-7-14(24)18(25)20(13)35-4)19(31(3)22(11,2)23(26,27)28)21(34)30-12-5-8-15(29-9-12)16(33)10-32/h5-9,11,16-17,19,32-33H,10H2,1-4H3,(H,30,34)/t11-,16-,17-,19+,22+/m0/s1. The zero-order valence-electron chi connectivity index (χ0n) is 19.4.